The van der Waals surface area contributed by atoms with Crippen LogP contribution in [-0.4, -0.2) is 14.7 Å². The third kappa shape index (κ3) is 2.25. The van der Waals surface area contributed by atoms with Gasteiger partial charge in [-0.25, -0.2) is 0 Å². The van der Waals surface area contributed by atoms with Gasteiger partial charge in [-0.2, -0.15) is 0 Å². The molecule has 0 aromatic carbocycles. The Morgan fingerprint density at radius 3 is 2.38 bits per heavy atom. The first kappa shape index (κ1) is 10.6. The summed E-state index contributed by atoms with van der Waals surface area (Å²) < 4.78 is 3.83. The van der Waals surface area contributed by atoms with Crippen LogP contribution in [0.15, 0.2) is 0 Å². The van der Waals surface area contributed by atoms with Crippen LogP contribution in [0.5, 0.6) is 0 Å². The van der Waals surface area contributed by atoms with Crippen molar-refractivity contribution in [2.24, 2.45) is 5.92 Å². The molecule has 1 unspecified atom stereocenters. The van der Waals surface area contributed by atoms with Crippen molar-refractivity contribution < 1.29 is 5.11 Å². The van der Waals surface area contributed by atoms with Gasteiger partial charge in [0, 0.05) is 0 Å². The molecule has 1 aromatic heterocycles. The predicted molar refractivity (Wildman–Crippen MR) is 53.7 cm³/mol. The Balaban J connectivity index is 2.77. The summed E-state index contributed by atoms with van der Waals surface area (Å²) >= 11 is 1.31. The molecule has 0 saturated carbocycles. The van der Waals surface area contributed by atoms with Gasteiger partial charge in [-0.3, -0.25) is 0 Å². The summed E-state index contributed by atoms with van der Waals surface area (Å²) in [6.45, 7) is 6.09. The molecule has 0 saturated heterocycles. The number of aromatic nitrogens is 2. The van der Waals surface area contributed by atoms with Crippen molar-refractivity contribution in [2.75, 3.05) is 0 Å². The summed E-state index contributed by atoms with van der Waals surface area (Å²) in [5, 5.41) is 13.9. The van der Waals surface area contributed by atoms with E-state index in [0.29, 0.717) is 5.92 Å². The van der Waals surface area contributed by atoms with Crippen LogP contribution in [0, 0.1) is 12.8 Å². The first-order valence-electron chi connectivity index (χ1n) is 4.67. The van der Waals surface area contributed by atoms with Crippen LogP contribution in [0.3, 0.4) is 0 Å². The molecule has 1 atom stereocenters. The van der Waals surface area contributed by atoms with Crippen LogP contribution in [0.25, 0.3) is 0 Å². The third-order valence-corrected chi connectivity index (χ3v) is 3.35. The molecule has 0 radical (unpaired) electrons. The summed E-state index contributed by atoms with van der Waals surface area (Å²) in [4.78, 5) is 0.925. The molecule has 1 rings (SSSR count). The van der Waals surface area contributed by atoms with Crippen molar-refractivity contribution in [3.05, 3.63) is 10.6 Å². The normalized spacial score (nSPS) is 13.6. The van der Waals surface area contributed by atoms with Crippen molar-refractivity contribution in [3.63, 3.8) is 0 Å². The molecule has 0 aliphatic rings. The van der Waals surface area contributed by atoms with Crippen molar-refractivity contribution in [1.82, 2.24) is 9.59 Å². The van der Waals surface area contributed by atoms with Crippen LogP contribution >= 0.6 is 11.5 Å². The second-order valence-electron chi connectivity index (χ2n) is 3.24. The zero-order chi connectivity index (χ0) is 9.84. The molecule has 1 N–H and O–H groups in total. The standard InChI is InChI=1S/C9H16N2OS/c1-4-7(5-2)8(12)9-6(3)10-11-13-9/h7-8,12H,4-5H2,1-3H3. The Morgan fingerprint density at radius 1 is 1.38 bits per heavy atom. The van der Waals surface area contributed by atoms with E-state index in [-0.39, 0.29) is 6.10 Å². The minimum Gasteiger partial charge on any atom is -0.387 e. The van der Waals surface area contributed by atoms with E-state index in [1.54, 1.807) is 0 Å². The van der Waals surface area contributed by atoms with Crippen LogP contribution in [0.4, 0.5) is 0 Å². The molecule has 3 nitrogen and oxygen atoms in total. The van der Waals surface area contributed by atoms with Crippen LogP contribution in [0.1, 0.15) is 43.4 Å². The molecule has 0 aliphatic heterocycles. The highest BCUT2D eigenvalue weighted by Crippen LogP contribution is 2.30. The zero-order valence-electron chi connectivity index (χ0n) is 8.32. The monoisotopic (exact) mass is 200 g/mol. The molecule has 1 heterocycles. The Labute approximate surface area is 83.0 Å². The summed E-state index contributed by atoms with van der Waals surface area (Å²) in [6, 6.07) is 0. The maximum atomic E-state index is 9.98. The van der Waals surface area contributed by atoms with Crippen LogP contribution < -0.4 is 0 Å². The first-order valence-corrected chi connectivity index (χ1v) is 5.44. The molecular formula is C9H16N2OS. The van der Waals surface area contributed by atoms with Gasteiger partial charge in [0.25, 0.3) is 0 Å². The number of aliphatic hydroxyl groups excluding tert-OH is 1. The molecule has 4 heteroatoms. The fourth-order valence-corrected chi connectivity index (χ4v) is 2.18. The van der Waals surface area contributed by atoms with Gasteiger partial charge in [0.2, 0.25) is 0 Å². The number of rotatable bonds is 4. The lowest BCUT2D eigenvalue weighted by Crippen LogP contribution is -2.10. The molecule has 0 amide bonds. The van der Waals surface area contributed by atoms with Crippen molar-refractivity contribution in [2.45, 2.75) is 39.7 Å². The van der Waals surface area contributed by atoms with Crippen molar-refractivity contribution in [3.8, 4) is 0 Å². The van der Waals surface area contributed by atoms with E-state index in [9.17, 15) is 5.11 Å². The van der Waals surface area contributed by atoms with Gasteiger partial charge in [-0.05, 0) is 24.4 Å². The summed E-state index contributed by atoms with van der Waals surface area (Å²) in [5.41, 5.74) is 0.865. The SMILES string of the molecule is CCC(CC)C(O)c1snnc1C. The Kier molecular flexibility index (Phi) is 3.81. The highest BCUT2D eigenvalue weighted by atomic mass is 32.1. The summed E-state index contributed by atoms with van der Waals surface area (Å²) in [6.07, 6.45) is 1.61. The second kappa shape index (κ2) is 4.67. The van der Waals surface area contributed by atoms with Crippen molar-refractivity contribution in [1.29, 1.82) is 0 Å². The number of hydrogen-bond acceptors (Lipinski definition) is 4. The molecule has 0 aliphatic carbocycles. The smallest absolute Gasteiger partial charge is 0.0944 e. The number of nitrogens with zero attached hydrogens (tertiary/aromatic N) is 2. The van der Waals surface area contributed by atoms with Gasteiger partial charge >= 0.3 is 0 Å². The Morgan fingerprint density at radius 2 is 2.00 bits per heavy atom. The Hall–Kier alpha value is -0.480. The average molecular weight is 200 g/mol. The largest absolute Gasteiger partial charge is 0.387 e. The summed E-state index contributed by atoms with van der Waals surface area (Å²) in [5.74, 6) is 0.334. The fourth-order valence-electron chi connectivity index (χ4n) is 1.46. The van der Waals surface area contributed by atoms with E-state index in [0.717, 1.165) is 23.4 Å². The minimum absolute atomic E-state index is 0.334. The van der Waals surface area contributed by atoms with Crippen LogP contribution in [-0.2, 0) is 0 Å². The van der Waals surface area contributed by atoms with Gasteiger partial charge < -0.3 is 5.11 Å². The van der Waals surface area contributed by atoms with E-state index >= 15 is 0 Å². The van der Waals surface area contributed by atoms with Gasteiger partial charge in [0.15, 0.2) is 0 Å². The van der Waals surface area contributed by atoms with Crippen molar-refractivity contribution >= 4 is 11.5 Å². The highest BCUT2D eigenvalue weighted by molar-refractivity contribution is 7.05. The number of aryl methyl sites for hydroxylation is 1. The highest BCUT2D eigenvalue weighted by Gasteiger charge is 2.21. The maximum Gasteiger partial charge on any atom is 0.0944 e. The quantitative estimate of drug-likeness (QED) is 0.811. The lowest BCUT2D eigenvalue weighted by atomic mass is 9.95. The predicted octanol–water partition coefficient (Wildman–Crippen LogP) is 2.32. The van der Waals surface area contributed by atoms with Gasteiger partial charge in [-0.15, -0.1) is 5.10 Å². The lowest BCUT2D eigenvalue weighted by molar-refractivity contribution is 0.106. The zero-order valence-corrected chi connectivity index (χ0v) is 9.14. The van der Waals surface area contributed by atoms with Crippen LogP contribution in [0.2, 0.25) is 0 Å². The average Bonchev–Trinajstić information content (AvgIpc) is 2.53. The van der Waals surface area contributed by atoms with Gasteiger partial charge in [-0.1, -0.05) is 31.2 Å². The molecule has 0 bridgehead atoms. The lowest BCUT2D eigenvalue weighted by Gasteiger charge is -2.18. The van der Waals surface area contributed by atoms with E-state index in [1.165, 1.54) is 11.5 Å². The Bertz CT molecular complexity index is 258. The maximum absolute atomic E-state index is 9.98. The number of hydrogen-bond donors (Lipinski definition) is 1. The molecule has 1 aromatic rings. The first-order chi connectivity index (χ1) is 6.20. The molecule has 74 valence electrons. The van der Waals surface area contributed by atoms with Gasteiger partial charge in [0.1, 0.15) is 0 Å². The molecule has 0 spiro atoms. The van der Waals surface area contributed by atoms with E-state index < -0.39 is 0 Å². The molecule has 0 fully saturated rings. The summed E-state index contributed by atoms with van der Waals surface area (Å²) in [7, 11) is 0. The van der Waals surface area contributed by atoms with Gasteiger partial charge in [0.05, 0.1) is 16.7 Å². The topological polar surface area (TPSA) is 46.0 Å². The molecule has 13 heavy (non-hydrogen) atoms. The van der Waals surface area contributed by atoms with E-state index in [4.69, 9.17) is 0 Å². The molecular weight excluding hydrogens is 184 g/mol. The minimum atomic E-state index is -0.380. The number of aliphatic hydroxyl groups is 1. The van der Waals surface area contributed by atoms with E-state index in [2.05, 4.69) is 23.4 Å². The van der Waals surface area contributed by atoms with E-state index in [1.807, 2.05) is 6.92 Å². The third-order valence-electron chi connectivity index (χ3n) is 2.45. The second-order valence-corrected chi connectivity index (χ2v) is 4.03. The fraction of sp³-hybridized carbons (Fsp3) is 0.778.